The Balaban J connectivity index is 1.91. The molecule has 0 fully saturated rings. The Morgan fingerprint density at radius 1 is 0.931 bits per heavy atom. The van der Waals surface area contributed by atoms with Gasteiger partial charge in [0.25, 0.3) is 5.91 Å². The van der Waals surface area contributed by atoms with Crippen molar-refractivity contribution in [2.24, 2.45) is 0 Å². The highest BCUT2D eigenvalue weighted by molar-refractivity contribution is 14.1. The molecule has 1 heterocycles. The quantitative estimate of drug-likeness (QED) is 0.373. The van der Waals surface area contributed by atoms with Crippen LogP contribution in [0, 0.1) is 3.57 Å². The molecule has 5 nitrogen and oxygen atoms in total. The average Bonchev–Trinajstić information content (AvgIpc) is 3.07. The molecule has 3 aromatic carbocycles. The van der Waals surface area contributed by atoms with E-state index in [-0.39, 0.29) is 5.91 Å². The Labute approximate surface area is 182 Å². The molecule has 3 aromatic rings. The predicted molar refractivity (Wildman–Crippen MR) is 124 cm³/mol. The first-order valence-corrected chi connectivity index (χ1v) is 10.1. The van der Waals surface area contributed by atoms with Crippen LogP contribution in [-0.4, -0.2) is 20.1 Å². The number of nitrogens with one attached hydrogen (secondary N) is 2. The van der Waals surface area contributed by atoms with Gasteiger partial charge in [0.05, 0.1) is 31.2 Å². The zero-order valence-electron chi connectivity index (χ0n) is 16.0. The molecule has 146 valence electrons. The number of amides is 1. The Morgan fingerprint density at radius 3 is 2.24 bits per heavy atom. The van der Waals surface area contributed by atoms with Gasteiger partial charge >= 0.3 is 0 Å². The van der Waals surface area contributed by atoms with E-state index in [1.165, 1.54) is 0 Å². The normalized spacial score (nSPS) is 14.1. The summed E-state index contributed by atoms with van der Waals surface area (Å²) in [6.07, 6.45) is 0. The van der Waals surface area contributed by atoms with Crippen LogP contribution in [0.1, 0.15) is 11.1 Å². The summed E-state index contributed by atoms with van der Waals surface area (Å²) in [6, 6.07) is 21.5. The Morgan fingerprint density at radius 2 is 1.59 bits per heavy atom. The van der Waals surface area contributed by atoms with Crippen molar-refractivity contribution in [1.29, 1.82) is 0 Å². The molecular formula is C23H19IN2O3. The van der Waals surface area contributed by atoms with E-state index in [1.807, 2.05) is 60.7 Å². The van der Waals surface area contributed by atoms with Gasteiger partial charge in [-0.25, -0.2) is 0 Å². The van der Waals surface area contributed by atoms with Crippen LogP contribution in [0.25, 0.3) is 11.3 Å². The summed E-state index contributed by atoms with van der Waals surface area (Å²) in [6.45, 7) is 0. The minimum absolute atomic E-state index is 0.174. The maximum atomic E-state index is 13.0. The lowest BCUT2D eigenvalue weighted by Gasteiger charge is -2.15. The van der Waals surface area contributed by atoms with E-state index in [1.54, 1.807) is 20.3 Å². The minimum Gasteiger partial charge on any atom is -0.493 e. The molecule has 1 amide bonds. The van der Waals surface area contributed by atoms with Gasteiger partial charge in [0.1, 0.15) is 0 Å². The predicted octanol–water partition coefficient (Wildman–Crippen LogP) is 5.24. The fourth-order valence-electron chi connectivity index (χ4n) is 3.31. The number of benzene rings is 3. The number of methoxy groups -OCH3 is 2. The van der Waals surface area contributed by atoms with Crippen molar-refractivity contribution < 1.29 is 14.3 Å². The largest absolute Gasteiger partial charge is 0.493 e. The number of hydrogen-bond acceptors (Lipinski definition) is 4. The number of hydrogen-bond donors (Lipinski definition) is 2. The lowest BCUT2D eigenvalue weighted by molar-refractivity contribution is -0.110. The molecule has 0 atom stereocenters. The molecule has 0 aromatic heterocycles. The Hall–Kier alpha value is -3.00. The summed E-state index contributed by atoms with van der Waals surface area (Å²) in [5.74, 6) is 0.966. The molecule has 0 saturated carbocycles. The number of carbonyl (C=O) groups excluding carboxylic acids is 1. The summed E-state index contributed by atoms with van der Waals surface area (Å²) in [4.78, 5) is 13.0. The number of rotatable bonds is 5. The standard InChI is InChI=1S/C23H19IN2O3/c1-28-19-12-17-18(13-20(19)29-2)26-23(27)21(17)22(14-6-4-3-5-7-14)25-16-10-8-15(24)9-11-16/h3-13,25H,1-2H3,(H,26,27)/b22-21+. The second-order valence-electron chi connectivity index (χ2n) is 6.45. The van der Waals surface area contributed by atoms with Crippen molar-refractivity contribution in [2.45, 2.75) is 0 Å². The zero-order chi connectivity index (χ0) is 20.4. The summed E-state index contributed by atoms with van der Waals surface area (Å²) >= 11 is 2.27. The monoisotopic (exact) mass is 498 g/mol. The summed E-state index contributed by atoms with van der Waals surface area (Å²) < 4.78 is 12.0. The fraction of sp³-hybridized carbons (Fsp3) is 0.0870. The van der Waals surface area contributed by atoms with Gasteiger partial charge in [0, 0.05) is 20.9 Å². The van der Waals surface area contributed by atoms with Gasteiger partial charge in [-0.3, -0.25) is 4.79 Å². The number of ether oxygens (including phenoxy) is 2. The van der Waals surface area contributed by atoms with Crippen molar-refractivity contribution in [3.05, 3.63) is 81.4 Å². The fourth-order valence-corrected chi connectivity index (χ4v) is 3.67. The van der Waals surface area contributed by atoms with Crippen molar-refractivity contribution in [3.8, 4) is 11.5 Å². The van der Waals surface area contributed by atoms with E-state index < -0.39 is 0 Å². The van der Waals surface area contributed by atoms with Crippen molar-refractivity contribution in [1.82, 2.24) is 0 Å². The van der Waals surface area contributed by atoms with Crippen LogP contribution < -0.4 is 20.1 Å². The maximum absolute atomic E-state index is 13.0. The number of halogens is 1. The van der Waals surface area contributed by atoms with Crippen LogP contribution in [-0.2, 0) is 4.79 Å². The first kappa shape index (κ1) is 19.3. The Kier molecular flexibility index (Phi) is 5.44. The molecule has 1 aliphatic rings. The summed E-state index contributed by atoms with van der Waals surface area (Å²) in [5.41, 5.74) is 4.57. The summed E-state index contributed by atoms with van der Waals surface area (Å²) in [5, 5.41) is 6.39. The van der Waals surface area contributed by atoms with Crippen LogP contribution in [0.2, 0.25) is 0 Å². The second kappa shape index (κ2) is 8.16. The SMILES string of the molecule is COc1cc2c(cc1OC)/C(=C(\Nc1ccc(I)cc1)c1ccccc1)C(=O)N2. The van der Waals surface area contributed by atoms with E-state index >= 15 is 0 Å². The van der Waals surface area contributed by atoms with Gasteiger partial charge in [0.2, 0.25) is 0 Å². The molecule has 6 heteroatoms. The van der Waals surface area contributed by atoms with E-state index in [0.717, 1.165) is 26.1 Å². The number of anilines is 2. The molecule has 29 heavy (non-hydrogen) atoms. The van der Waals surface area contributed by atoms with Gasteiger partial charge in [-0.05, 0) is 58.5 Å². The lowest BCUT2D eigenvalue weighted by atomic mass is 9.99. The van der Waals surface area contributed by atoms with Crippen LogP contribution in [0.3, 0.4) is 0 Å². The van der Waals surface area contributed by atoms with Crippen molar-refractivity contribution >= 4 is 51.1 Å². The molecule has 0 saturated heterocycles. The van der Waals surface area contributed by atoms with E-state index in [4.69, 9.17) is 9.47 Å². The molecule has 0 unspecified atom stereocenters. The summed E-state index contributed by atoms with van der Waals surface area (Å²) in [7, 11) is 3.16. The lowest BCUT2D eigenvalue weighted by Crippen LogP contribution is -2.10. The molecule has 0 bridgehead atoms. The third-order valence-corrected chi connectivity index (χ3v) is 5.41. The highest BCUT2D eigenvalue weighted by atomic mass is 127. The molecule has 0 spiro atoms. The zero-order valence-corrected chi connectivity index (χ0v) is 18.1. The van der Waals surface area contributed by atoms with Crippen LogP contribution in [0.15, 0.2) is 66.7 Å². The average molecular weight is 498 g/mol. The van der Waals surface area contributed by atoms with E-state index in [9.17, 15) is 4.79 Å². The van der Waals surface area contributed by atoms with Gasteiger partial charge in [-0.1, -0.05) is 30.3 Å². The molecule has 0 aliphatic carbocycles. The third-order valence-electron chi connectivity index (χ3n) is 4.69. The van der Waals surface area contributed by atoms with Gasteiger partial charge < -0.3 is 20.1 Å². The van der Waals surface area contributed by atoms with Crippen molar-refractivity contribution in [3.63, 3.8) is 0 Å². The smallest absolute Gasteiger partial charge is 0.258 e. The molecule has 1 aliphatic heterocycles. The van der Waals surface area contributed by atoms with Crippen LogP contribution in [0.5, 0.6) is 11.5 Å². The van der Waals surface area contributed by atoms with Gasteiger partial charge in [0.15, 0.2) is 11.5 Å². The molecule has 4 rings (SSSR count). The first-order valence-electron chi connectivity index (χ1n) is 9.00. The Bertz CT molecular complexity index is 1090. The van der Waals surface area contributed by atoms with Gasteiger partial charge in [-0.2, -0.15) is 0 Å². The van der Waals surface area contributed by atoms with Crippen LogP contribution in [0.4, 0.5) is 11.4 Å². The molecular weight excluding hydrogens is 479 g/mol. The molecule has 0 radical (unpaired) electrons. The highest BCUT2D eigenvalue weighted by Gasteiger charge is 2.30. The van der Waals surface area contributed by atoms with E-state index in [2.05, 4.69) is 33.2 Å². The second-order valence-corrected chi connectivity index (χ2v) is 7.70. The van der Waals surface area contributed by atoms with Crippen molar-refractivity contribution in [2.75, 3.05) is 24.9 Å². The van der Waals surface area contributed by atoms with Gasteiger partial charge in [-0.15, -0.1) is 0 Å². The number of fused-ring (bicyclic) bond motifs is 1. The minimum atomic E-state index is -0.174. The topological polar surface area (TPSA) is 59.6 Å². The number of carbonyl (C=O) groups is 1. The first-order chi connectivity index (χ1) is 14.1. The third kappa shape index (κ3) is 3.80. The van der Waals surface area contributed by atoms with Crippen LogP contribution >= 0.6 is 22.6 Å². The maximum Gasteiger partial charge on any atom is 0.258 e. The molecule has 2 N–H and O–H groups in total. The van der Waals surface area contributed by atoms with E-state index in [0.29, 0.717) is 22.8 Å². The highest BCUT2D eigenvalue weighted by Crippen LogP contribution is 2.43.